The Morgan fingerprint density at radius 3 is 2.57 bits per heavy atom. The van der Waals surface area contributed by atoms with Crippen LogP contribution in [0.2, 0.25) is 0 Å². The fraction of sp³-hybridized carbons (Fsp3) is 0.300. The van der Waals surface area contributed by atoms with Gasteiger partial charge in [-0.3, -0.25) is 4.90 Å². The van der Waals surface area contributed by atoms with Gasteiger partial charge in [-0.05, 0) is 30.5 Å². The first-order valence-corrected chi connectivity index (χ1v) is 5.62. The monoisotopic (exact) mass is 209 g/mol. The van der Waals surface area contributed by atoms with Crippen LogP contribution in [0.25, 0.3) is 0 Å². The van der Waals surface area contributed by atoms with Crippen LogP contribution in [-0.2, 0) is 4.74 Å². The second-order valence-electron chi connectivity index (χ2n) is 2.96. The molecule has 2 rings (SSSR count). The normalized spacial score (nSPS) is 15.8. The predicted molar refractivity (Wildman–Crippen MR) is 56.9 cm³/mol. The zero-order valence-electron chi connectivity index (χ0n) is 7.90. The molecule has 1 amide bonds. The lowest BCUT2D eigenvalue weighted by Crippen LogP contribution is -2.22. The van der Waals surface area contributed by atoms with Crippen LogP contribution in [0.1, 0.15) is 0 Å². The van der Waals surface area contributed by atoms with Crippen molar-refractivity contribution in [3.8, 4) is 0 Å². The van der Waals surface area contributed by atoms with Crippen molar-refractivity contribution in [1.29, 1.82) is 0 Å². The number of cyclic esters (lactones) is 1. The van der Waals surface area contributed by atoms with Gasteiger partial charge in [-0.15, -0.1) is 11.8 Å². The Hall–Kier alpha value is -1.16. The van der Waals surface area contributed by atoms with Crippen LogP contribution in [0.5, 0.6) is 0 Å². The smallest absolute Gasteiger partial charge is 0.414 e. The molecule has 1 aromatic rings. The molecule has 1 aliphatic rings. The Kier molecular flexibility index (Phi) is 2.63. The number of carbonyl (C=O) groups is 1. The van der Waals surface area contributed by atoms with E-state index in [0.29, 0.717) is 13.2 Å². The summed E-state index contributed by atoms with van der Waals surface area (Å²) in [5, 5.41) is 0. The van der Waals surface area contributed by atoms with Gasteiger partial charge in [-0.25, -0.2) is 4.79 Å². The van der Waals surface area contributed by atoms with Crippen LogP contribution in [0.3, 0.4) is 0 Å². The number of nitrogens with zero attached hydrogens (tertiary/aromatic N) is 1. The van der Waals surface area contributed by atoms with E-state index < -0.39 is 0 Å². The third-order valence-electron chi connectivity index (χ3n) is 2.14. The molecule has 0 N–H and O–H groups in total. The number of amides is 1. The first kappa shape index (κ1) is 9.40. The number of hydrogen-bond acceptors (Lipinski definition) is 3. The fourth-order valence-corrected chi connectivity index (χ4v) is 1.80. The Balaban J connectivity index is 2.20. The van der Waals surface area contributed by atoms with Gasteiger partial charge in [0.25, 0.3) is 0 Å². The molecular weight excluding hydrogens is 198 g/mol. The van der Waals surface area contributed by atoms with Crippen molar-refractivity contribution in [2.75, 3.05) is 24.3 Å². The van der Waals surface area contributed by atoms with Crippen molar-refractivity contribution in [2.24, 2.45) is 0 Å². The van der Waals surface area contributed by atoms with Gasteiger partial charge in [0.15, 0.2) is 0 Å². The lowest BCUT2D eigenvalue weighted by Gasteiger charge is -2.12. The molecule has 4 heteroatoms. The minimum Gasteiger partial charge on any atom is -0.447 e. The Labute approximate surface area is 87.0 Å². The maximum absolute atomic E-state index is 11.2. The van der Waals surface area contributed by atoms with E-state index in [1.54, 1.807) is 16.7 Å². The van der Waals surface area contributed by atoms with E-state index >= 15 is 0 Å². The molecule has 1 aliphatic heterocycles. The van der Waals surface area contributed by atoms with Gasteiger partial charge in [-0.1, -0.05) is 0 Å². The van der Waals surface area contributed by atoms with Gasteiger partial charge >= 0.3 is 6.09 Å². The summed E-state index contributed by atoms with van der Waals surface area (Å²) in [5.74, 6) is 0. The van der Waals surface area contributed by atoms with Crippen LogP contribution in [0.15, 0.2) is 29.2 Å². The summed E-state index contributed by atoms with van der Waals surface area (Å²) in [5.41, 5.74) is 0.908. The number of carbonyl (C=O) groups excluding carboxylic acids is 1. The average molecular weight is 209 g/mol. The molecule has 0 aromatic heterocycles. The van der Waals surface area contributed by atoms with Gasteiger partial charge in [0.2, 0.25) is 0 Å². The molecule has 1 heterocycles. The lowest BCUT2D eigenvalue weighted by atomic mass is 10.3. The van der Waals surface area contributed by atoms with Crippen LogP contribution < -0.4 is 4.90 Å². The quantitative estimate of drug-likeness (QED) is 0.700. The molecule has 0 bridgehead atoms. The molecule has 1 fully saturated rings. The average Bonchev–Trinajstić information content (AvgIpc) is 2.65. The first-order valence-electron chi connectivity index (χ1n) is 4.39. The number of hydrogen-bond donors (Lipinski definition) is 0. The van der Waals surface area contributed by atoms with Crippen molar-refractivity contribution < 1.29 is 9.53 Å². The molecule has 1 saturated heterocycles. The summed E-state index contributed by atoms with van der Waals surface area (Å²) in [6.07, 6.45) is 1.78. The summed E-state index contributed by atoms with van der Waals surface area (Å²) < 4.78 is 4.86. The zero-order chi connectivity index (χ0) is 9.97. The maximum Gasteiger partial charge on any atom is 0.414 e. The Bertz CT molecular complexity index is 336. The van der Waals surface area contributed by atoms with Gasteiger partial charge < -0.3 is 4.74 Å². The fourth-order valence-electron chi connectivity index (χ4n) is 1.39. The molecule has 3 nitrogen and oxygen atoms in total. The van der Waals surface area contributed by atoms with Crippen molar-refractivity contribution in [3.63, 3.8) is 0 Å². The number of ether oxygens (including phenoxy) is 1. The number of anilines is 1. The summed E-state index contributed by atoms with van der Waals surface area (Å²) in [4.78, 5) is 14.1. The van der Waals surface area contributed by atoms with Gasteiger partial charge in [0, 0.05) is 10.6 Å². The van der Waals surface area contributed by atoms with E-state index in [4.69, 9.17) is 4.74 Å². The number of benzene rings is 1. The molecule has 0 spiro atoms. The van der Waals surface area contributed by atoms with Crippen molar-refractivity contribution in [3.05, 3.63) is 24.3 Å². The van der Waals surface area contributed by atoms with E-state index in [0.717, 1.165) is 5.69 Å². The van der Waals surface area contributed by atoms with Crippen LogP contribution >= 0.6 is 11.8 Å². The van der Waals surface area contributed by atoms with Crippen molar-refractivity contribution >= 4 is 23.5 Å². The van der Waals surface area contributed by atoms with Crippen molar-refractivity contribution in [1.82, 2.24) is 0 Å². The van der Waals surface area contributed by atoms with E-state index in [1.165, 1.54) is 4.90 Å². The third kappa shape index (κ3) is 1.70. The van der Waals surface area contributed by atoms with E-state index in [1.807, 2.05) is 30.5 Å². The third-order valence-corrected chi connectivity index (χ3v) is 2.89. The topological polar surface area (TPSA) is 29.5 Å². The molecule has 0 saturated carbocycles. The first-order chi connectivity index (χ1) is 6.81. The second-order valence-corrected chi connectivity index (χ2v) is 3.84. The Morgan fingerprint density at radius 1 is 1.36 bits per heavy atom. The van der Waals surface area contributed by atoms with Gasteiger partial charge in [-0.2, -0.15) is 0 Å². The minimum atomic E-state index is -0.248. The van der Waals surface area contributed by atoms with Crippen LogP contribution in [-0.4, -0.2) is 25.5 Å². The number of rotatable bonds is 2. The molecular formula is C10H11NO2S. The van der Waals surface area contributed by atoms with E-state index in [9.17, 15) is 4.79 Å². The van der Waals surface area contributed by atoms with Crippen molar-refractivity contribution in [2.45, 2.75) is 4.90 Å². The Morgan fingerprint density at radius 2 is 2.07 bits per heavy atom. The van der Waals surface area contributed by atoms with Gasteiger partial charge in [0.05, 0.1) is 6.54 Å². The molecule has 0 aliphatic carbocycles. The maximum atomic E-state index is 11.2. The highest BCUT2D eigenvalue weighted by atomic mass is 32.2. The molecule has 1 aromatic carbocycles. The van der Waals surface area contributed by atoms with Crippen LogP contribution in [0, 0.1) is 0 Å². The zero-order valence-corrected chi connectivity index (χ0v) is 8.71. The number of thioether (sulfide) groups is 1. The van der Waals surface area contributed by atoms with E-state index in [2.05, 4.69) is 0 Å². The highest BCUT2D eigenvalue weighted by Crippen LogP contribution is 2.22. The molecule has 0 unspecified atom stereocenters. The summed E-state index contributed by atoms with van der Waals surface area (Å²) in [7, 11) is 0. The molecule has 14 heavy (non-hydrogen) atoms. The van der Waals surface area contributed by atoms with Crippen LogP contribution in [0.4, 0.5) is 10.5 Å². The standard InChI is InChI=1S/C10H11NO2S/c1-14-9-4-2-8(3-5-9)11-6-7-13-10(11)12/h2-5H,6-7H2,1H3. The summed E-state index contributed by atoms with van der Waals surface area (Å²) >= 11 is 1.69. The summed E-state index contributed by atoms with van der Waals surface area (Å²) in [6, 6.07) is 7.90. The second kappa shape index (κ2) is 3.92. The van der Waals surface area contributed by atoms with Gasteiger partial charge in [0.1, 0.15) is 6.61 Å². The largest absolute Gasteiger partial charge is 0.447 e. The minimum absolute atomic E-state index is 0.248. The highest BCUT2D eigenvalue weighted by molar-refractivity contribution is 7.98. The molecule has 74 valence electrons. The SMILES string of the molecule is CSc1ccc(N2CCOC2=O)cc1. The molecule has 0 radical (unpaired) electrons. The molecule has 0 atom stereocenters. The predicted octanol–water partition coefficient (Wildman–Crippen LogP) is 2.37. The van der Waals surface area contributed by atoms with E-state index in [-0.39, 0.29) is 6.09 Å². The lowest BCUT2D eigenvalue weighted by molar-refractivity contribution is 0.181. The highest BCUT2D eigenvalue weighted by Gasteiger charge is 2.22. The summed E-state index contributed by atoms with van der Waals surface area (Å²) in [6.45, 7) is 1.14.